The van der Waals surface area contributed by atoms with Gasteiger partial charge in [-0.15, -0.1) is 13.2 Å². The lowest BCUT2D eigenvalue weighted by atomic mass is 10.1. The number of hydrogen-bond acceptors (Lipinski definition) is 2. The van der Waals surface area contributed by atoms with Crippen LogP contribution >= 0.6 is 23.2 Å². The Morgan fingerprint density at radius 2 is 1.63 bits per heavy atom. The predicted molar refractivity (Wildman–Crippen MR) is 66.4 cm³/mol. The molecule has 0 unspecified atom stereocenters. The van der Waals surface area contributed by atoms with E-state index in [4.69, 9.17) is 23.2 Å². The molecule has 0 bridgehead atoms. The first kappa shape index (κ1) is 14.0. The summed E-state index contributed by atoms with van der Waals surface area (Å²) in [6.07, 6.45) is -4.78. The van der Waals surface area contributed by atoms with Crippen molar-refractivity contribution in [1.29, 1.82) is 0 Å². The summed E-state index contributed by atoms with van der Waals surface area (Å²) in [6, 6.07) is 8.58. The van der Waals surface area contributed by atoms with E-state index in [2.05, 4.69) is 9.72 Å². The van der Waals surface area contributed by atoms with E-state index in [1.807, 2.05) is 0 Å². The third-order valence-corrected chi connectivity index (χ3v) is 2.72. The molecule has 0 spiro atoms. The summed E-state index contributed by atoms with van der Waals surface area (Å²) in [5.41, 5.74) is 0.500. The molecule has 7 heteroatoms. The Hall–Kier alpha value is -1.46. The molecule has 0 radical (unpaired) electrons. The minimum absolute atomic E-state index is 0.00530. The standard InChI is InChI=1S/C12H6Cl2F3NO/c13-10-6-5-8(11(14)18-10)7-3-1-2-4-9(7)19-12(15,16)17/h1-6H. The first-order valence-electron chi connectivity index (χ1n) is 5.04. The van der Waals surface area contributed by atoms with Crippen molar-refractivity contribution in [2.24, 2.45) is 0 Å². The van der Waals surface area contributed by atoms with Crippen LogP contribution in [-0.4, -0.2) is 11.3 Å². The van der Waals surface area contributed by atoms with Crippen molar-refractivity contribution in [2.75, 3.05) is 0 Å². The fourth-order valence-corrected chi connectivity index (χ4v) is 1.96. The summed E-state index contributed by atoms with van der Waals surface area (Å²) in [5, 5.41) is 0.161. The van der Waals surface area contributed by atoms with Crippen LogP contribution in [0, 0.1) is 0 Å². The number of hydrogen-bond donors (Lipinski definition) is 0. The molecule has 2 nitrogen and oxygen atoms in total. The van der Waals surface area contributed by atoms with Gasteiger partial charge >= 0.3 is 6.36 Å². The van der Waals surface area contributed by atoms with Crippen LogP contribution in [0.4, 0.5) is 13.2 Å². The van der Waals surface area contributed by atoms with Crippen LogP contribution < -0.4 is 4.74 Å². The lowest BCUT2D eigenvalue weighted by molar-refractivity contribution is -0.274. The van der Waals surface area contributed by atoms with Crippen molar-refractivity contribution >= 4 is 23.2 Å². The molecule has 0 saturated carbocycles. The first-order chi connectivity index (χ1) is 8.87. The molecule has 0 N–H and O–H groups in total. The number of alkyl halides is 3. The lowest BCUT2D eigenvalue weighted by Crippen LogP contribution is -2.17. The number of pyridine rings is 1. The maximum absolute atomic E-state index is 12.3. The molecule has 2 aromatic rings. The summed E-state index contributed by atoms with van der Waals surface area (Å²) in [4.78, 5) is 3.78. The van der Waals surface area contributed by atoms with Crippen molar-refractivity contribution in [3.63, 3.8) is 0 Å². The predicted octanol–water partition coefficient (Wildman–Crippen LogP) is 4.95. The maximum Gasteiger partial charge on any atom is 0.573 e. The van der Waals surface area contributed by atoms with Crippen molar-refractivity contribution in [1.82, 2.24) is 4.98 Å². The second-order valence-corrected chi connectivity index (χ2v) is 4.26. The minimum atomic E-state index is -4.78. The molecule has 0 aliphatic carbocycles. The molecule has 0 aliphatic heterocycles. The monoisotopic (exact) mass is 307 g/mol. The van der Waals surface area contributed by atoms with E-state index in [1.54, 1.807) is 6.07 Å². The molecule has 1 heterocycles. The number of aromatic nitrogens is 1. The average Bonchev–Trinajstić information content (AvgIpc) is 2.28. The third-order valence-electron chi connectivity index (χ3n) is 2.22. The highest BCUT2D eigenvalue weighted by Gasteiger charge is 2.32. The Morgan fingerprint density at radius 1 is 0.947 bits per heavy atom. The molecule has 0 fully saturated rings. The molecular formula is C12H6Cl2F3NO. The van der Waals surface area contributed by atoms with Gasteiger partial charge < -0.3 is 4.74 Å². The molecule has 2 rings (SSSR count). The summed E-state index contributed by atoms with van der Waals surface area (Å²) in [6.45, 7) is 0. The van der Waals surface area contributed by atoms with Gasteiger partial charge in [0, 0.05) is 11.1 Å². The Morgan fingerprint density at radius 3 is 2.26 bits per heavy atom. The van der Waals surface area contributed by atoms with Gasteiger partial charge in [-0.3, -0.25) is 0 Å². The second-order valence-electron chi connectivity index (χ2n) is 3.52. The molecule has 0 saturated heterocycles. The average molecular weight is 308 g/mol. The highest BCUT2D eigenvalue weighted by Crippen LogP contribution is 2.36. The maximum atomic E-state index is 12.3. The van der Waals surface area contributed by atoms with Crippen molar-refractivity contribution in [3.8, 4) is 16.9 Å². The molecule has 0 atom stereocenters. The van der Waals surface area contributed by atoms with Crippen LogP contribution in [-0.2, 0) is 0 Å². The number of nitrogens with zero attached hydrogens (tertiary/aromatic N) is 1. The number of ether oxygens (including phenoxy) is 1. The van der Waals surface area contributed by atoms with Gasteiger partial charge in [0.15, 0.2) is 0 Å². The van der Waals surface area contributed by atoms with E-state index in [0.717, 1.165) is 0 Å². The van der Waals surface area contributed by atoms with Gasteiger partial charge in [-0.05, 0) is 18.2 Å². The zero-order chi connectivity index (χ0) is 14.0. The van der Waals surface area contributed by atoms with Gasteiger partial charge in [0.2, 0.25) is 0 Å². The van der Waals surface area contributed by atoms with E-state index in [0.29, 0.717) is 5.56 Å². The fourth-order valence-electron chi connectivity index (χ4n) is 1.52. The molecule has 1 aromatic heterocycles. The van der Waals surface area contributed by atoms with Gasteiger partial charge in [0.25, 0.3) is 0 Å². The van der Waals surface area contributed by atoms with E-state index in [9.17, 15) is 13.2 Å². The Kier molecular flexibility index (Phi) is 3.87. The van der Waals surface area contributed by atoms with Gasteiger partial charge in [-0.2, -0.15) is 0 Å². The second kappa shape index (κ2) is 5.27. The summed E-state index contributed by atoms with van der Waals surface area (Å²) in [7, 11) is 0. The molecular weight excluding hydrogens is 302 g/mol. The van der Waals surface area contributed by atoms with E-state index >= 15 is 0 Å². The van der Waals surface area contributed by atoms with Crippen molar-refractivity contribution in [2.45, 2.75) is 6.36 Å². The lowest BCUT2D eigenvalue weighted by Gasteiger charge is -2.13. The largest absolute Gasteiger partial charge is 0.573 e. The highest BCUT2D eigenvalue weighted by atomic mass is 35.5. The highest BCUT2D eigenvalue weighted by molar-refractivity contribution is 6.34. The minimum Gasteiger partial charge on any atom is -0.405 e. The van der Waals surface area contributed by atoms with Gasteiger partial charge in [0.1, 0.15) is 16.1 Å². The van der Waals surface area contributed by atoms with Crippen LogP contribution in [0.3, 0.4) is 0 Å². The van der Waals surface area contributed by atoms with E-state index in [-0.39, 0.29) is 21.6 Å². The van der Waals surface area contributed by atoms with Crippen LogP contribution in [0.25, 0.3) is 11.1 Å². The van der Waals surface area contributed by atoms with Gasteiger partial charge in [-0.1, -0.05) is 41.4 Å². The van der Waals surface area contributed by atoms with Crippen LogP contribution in [0.2, 0.25) is 10.3 Å². The smallest absolute Gasteiger partial charge is 0.405 e. The number of benzene rings is 1. The molecule has 0 aliphatic rings. The topological polar surface area (TPSA) is 22.1 Å². The Bertz CT molecular complexity index is 602. The van der Waals surface area contributed by atoms with E-state index in [1.165, 1.54) is 30.3 Å². The summed E-state index contributed by atoms with van der Waals surface area (Å²) >= 11 is 11.5. The van der Waals surface area contributed by atoms with Crippen molar-refractivity contribution < 1.29 is 17.9 Å². The molecule has 0 amide bonds. The van der Waals surface area contributed by atoms with E-state index < -0.39 is 6.36 Å². The SMILES string of the molecule is FC(F)(F)Oc1ccccc1-c1ccc(Cl)nc1Cl. The number of para-hydroxylation sites is 1. The number of rotatable bonds is 2. The molecule has 1 aromatic carbocycles. The Labute approximate surface area is 116 Å². The summed E-state index contributed by atoms with van der Waals surface area (Å²) < 4.78 is 40.9. The van der Waals surface area contributed by atoms with Crippen LogP contribution in [0.1, 0.15) is 0 Å². The zero-order valence-corrected chi connectivity index (χ0v) is 10.7. The van der Waals surface area contributed by atoms with Crippen molar-refractivity contribution in [3.05, 3.63) is 46.7 Å². The van der Waals surface area contributed by atoms with Gasteiger partial charge in [-0.25, -0.2) is 4.98 Å². The molecule has 100 valence electrons. The Balaban J connectivity index is 2.50. The van der Waals surface area contributed by atoms with Crippen LogP contribution in [0.15, 0.2) is 36.4 Å². The van der Waals surface area contributed by atoms with Gasteiger partial charge in [0.05, 0.1) is 0 Å². The molecule has 19 heavy (non-hydrogen) atoms. The normalized spacial score (nSPS) is 11.4. The van der Waals surface area contributed by atoms with Crippen LogP contribution in [0.5, 0.6) is 5.75 Å². The summed E-state index contributed by atoms with van der Waals surface area (Å²) in [5.74, 6) is -0.346. The third kappa shape index (κ3) is 3.52. The number of halogens is 5. The quantitative estimate of drug-likeness (QED) is 0.732. The zero-order valence-electron chi connectivity index (χ0n) is 9.21. The first-order valence-corrected chi connectivity index (χ1v) is 5.79. The fraction of sp³-hybridized carbons (Fsp3) is 0.0833.